The largest absolute Gasteiger partial charge is 0.355 e. The zero-order chi connectivity index (χ0) is 18.6. The van der Waals surface area contributed by atoms with Crippen molar-refractivity contribution in [3.05, 3.63) is 46.4 Å². The lowest BCUT2D eigenvalue weighted by Gasteiger charge is -2.30. The molecule has 0 radical (unpaired) electrons. The van der Waals surface area contributed by atoms with Crippen LogP contribution in [-0.4, -0.2) is 43.2 Å². The lowest BCUT2D eigenvalue weighted by Crippen LogP contribution is -2.43. The van der Waals surface area contributed by atoms with Crippen LogP contribution in [0.2, 0.25) is 0 Å². The summed E-state index contributed by atoms with van der Waals surface area (Å²) in [6.45, 7) is 3.27. The molecule has 1 amide bonds. The normalized spacial score (nSPS) is 16.5. The van der Waals surface area contributed by atoms with Gasteiger partial charge in [0.05, 0.1) is 15.6 Å². The van der Waals surface area contributed by atoms with Gasteiger partial charge < -0.3 is 5.32 Å². The molecule has 0 unspecified atom stereocenters. The third-order valence-electron chi connectivity index (χ3n) is 4.55. The Balaban J connectivity index is 1.48. The van der Waals surface area contributed by atoms with Crippen molar-refractivity contribution in [2.75, 3.05) is 19.6 Å². The summed E-state index contributed by atoms with van der Waals surface area (Å²) in [5.41, 5.74) is 0.997. The highest BCUT2D eigenvalue weighted by Crippen LogP contribution is 2.23. The maximum atomic E-state index is 12.6. The first-order valence-electron chi connectivity index (χ1n) is 8.71. The first kappa shape index (κ1) is 19.0. The fourth-order valence-corrected chi connectivity index (χ4v) is 5.22. The molecule has 8 heteroatoms. The lowest BCUT2D eigenvalue weighted by atomic mass is 9.97. The number of amides is 1. The van der Waals surface area contributed by atoms with Crippen LogP contribution in [0.4, 0.5) is 0 Å². The predicted octanol–water partition coefficient (Wildman–Crippen LogP) is 2.21. The number of carbonyl (C=O) groups is 1. The van der Waals surface area contributed by atoms with Crippen LogP contribution in [0.3, 0.4) is 0 Å². The molecule has 1 fully saturated rings. The Morgan fingerprint density at radius 3 is 2.58 bits per heavy atom. The van der Waals surface area contributed by atoms with E-state index in [2.05, 4.69) is 10.3 Å². The molecule has 0 aliphatic carbocycles. The topological polar surface area (TPSA) is 79.4 Å². The van der Waals surface area contributed by atoms with Crippen LogP contribution < -0.4 is 5.32 Å². The van der Waals surface area contributed by atoms with Crippen LogP contribution in [0.15, 0.2) is 40.6 Å². The summed E-state index contributed by atoms with van der Waals surface area (Å²) < 4.78 is 26.7. The van der Waals surface area contributed by atoms with E-state index in [0.29, 0.717) is 37.4 Å². The SMILES string of the molecule is Cc1nc(CCNC(=O)C2CCN(S(=O)(=O)c3ccccc3)CC2)cs1. The first-order chi connectivity index (χ1) is 12.5. The third-order valence-corrected chi connectivity index (χ3v) is 7.29. The van der Waals surface area contributed by atoms with Crippen molar-refractivity contribution in [2.24, 2.45) is 5.92 Å². The Morgan fingerprint density at radius 2 is 1.96 bits per heavy atom. The molecule has 0 atom stereocenters. The molecule has 1 aliphatic heterocycles. The summed E-state index contributed by atoms with van der Waals surface area (Å²) >= 11 is 1.61. The van der Waals surface area contributed by atoms with E-state index in [1.807, 2.05) is 12.3 Å². The van der Waals surface area contributed by atoms with Gasteiger partial charge in [0, 0.05) is 37.4 Å². The van der Waals surface area contributed by atoms with E-state index >= 15 is 0 Å². The van der Waals surface area contributed by atoms with Crippen LogP contribution >= 0.6 is 11.3 Å². The molecule has 140 valence electrons. The summed E-state index contributed by atoms with van der Waals surface area (Å²) in [5, 5.41) is 5.99. The van der Waals surface area contributed by atoms with Gasteiger partial charge in [0.2, 0.25) is 15.9 Å². The van der Waals surface area contributed by atoms with Crippen LogP contribution in [0.5, 0.6) is 0 Å². The van der Waals surface area contributed by atoms with Crippen molar-refractivity contribution in [1.29, 1.82) is 0 Å². The number of carbonyl (C=O) groups excluding carboxylic acids is 1. The number of hydrogen-bond acceptors (Lipinski definition) is 5. The van der Waals surface area contributed by atoms with Crippen molar-refractivity contribution in [2.45, 2.75) is 31.1 Å². The number of nitrogens with zero attached hydrogens (tertiary/aromatic N) is 2. The van der Waals surface area contributed by atoms with E-state index in [-0.39, 0.29) is 11.8 Å². The third kappa shape index (κ3) is 4.49. The van der Waals surface area contributed by atoms with Crippen molar-refractivity contribution >= 4 is 27.3 Å². The smallest absolute Gasteiger partial charge is 0.243 e. The molecular weight excluding hydrogens is 370 g/mol. The number of nitrogens with one attached hydrogen (secondary N) is 1. The highest BCUT2D eigenvalue weighted by atomic mass is 32.2. The van der Waals surface area contributed by atoms with Crippen molar-refractivity contribution in [3.63, 3.8) is 0 Å². The highest BCUT2D eigenvalue weighted by Gasteiger charge is 2.31. The Bertz CT molecular complexity index is 842. The predicted molar refractivity (Wildman–Crippen MR) is 101 cm³/mol. The van der Waals surface area contributed by atoms with E-state index in [4.69, 9.17) is 0 Å². The highest BCUT2D eigenvalue weighted by molar-refractivity contribution is 7.89. The van der Waals surface area contributed by atoms with Crippen LogP contribution in [-0.2, 0) is 21.2 Å². The van der Waals surface area contributed by atoms with E-state index in [0.717, 1.165) is 17.1 Å². The van der Waals surface area contributed by atoms with Gasteiger partial charge >= 0.3 is 0 Å². The van der Waals surface area contributed by atoms with Crippen LogP contribution in [0.25, 0.3) is 0 Å². The zero-order valence-corrected chi connectivity index (χ0v) is 16.4. The minimum absolute atomic E-state index is 0.00807. The van der Waals surface area contributed by atoms with Gasteiger partial charge in [-0.05, 0) is 31.9 Å². The fourth-order valence-electron chi connectivity index (χ4n) is 3.08. The molecule has 1 aromatic heterocycles. The molecule has 0 bridgehead atoms. The van der Waals surface area contributed by atoms with Crippen molar-refractivity contribution < 1.29 is 13.2 Å². The van der Waals surface area contributed by atoms with Crippen molar-refractivity contribution in [3.8, 4) is 0 Å². The van der Waals surface area contributed by atoms with E-state index in [9.17, 15) is 13.2 Å². The summed E-state index contributed by atoms with van der Waals surface area (Å²) in [4.78, 5) is 17.0. The molecule has 1 aromatic carbocycles. The Kier molecular flexibility index (Phi) is 6.05. The summed E-state index contributed by atoms with van der Waals surface area (Å²) in [5.74, 6) is -0.122. The number of rotatable bonds is 6. The van der Waals surface area contributed by atoms with Crippen LogP contribution in [0.1, 0.15) is 23.5 Å². The number of thiazole rings is 1. The van der Waals surface area contributed by atoms with E-state index in [1.165, 1.54) is 4.31 Å². The van der Waals surface area contributed by atoms with Gasteiger partial charge in [0.25, 0.3) is 0 Å². The van der Waals surface area contributed by atoms with Gasteiger partial charge in [-0.2, -0.15) is 4.31 Å². The standard InChI is InChI=1S/C18H23N3O3S2/c1-14-20-16(13-25-14)7-10-19-18(22)15-8-11-21(12-9-15)26(23,24)17-5-3-2-4-6-17/h2-6,13,15H,7-12H2,1H3,(H,19,22). The number of piperidine rings is 1. The monoisotopic (exact) mass is 393 g/mol. The molecule has 6 nitrogen and oxygen atoms in total. The van der Waals surface area contributed by atoms with Gasteiger partial charge in [-0.15, -0.1) is 11.3 Å². The average Bonchev–Trinajstić information content (AvgIpc) is 3.07. The lowest BCUT2D eigenvalue weighted by molar-refractivity contribution is -0.126. The molecule has 1 aliphatic rings. The second-order valence-corrected chi connectivity index (χ2v) is 9.39. The van der Waals surface area contributed by atoms with Gasteiger partial charge in [0.1, 0.15) is 0 Å². The van der Waals surface area contributed by atoms with E-state index in [1.54, 1.807) is 41.7 Å². The van der Waals surface area contributed by atoms with Gasteiger partial charge in [-0.3, -0.25) is 4.79 Å². The summed E-state index contributed by atoms with van der Waals surface area (Å²) in [7, 11) is -3.47. The maximum Gasteiger partial charge on any atom is 0.243 e. The second kappa shape index (κ2) is 8.28. The van der Waals surface area contributed by atoms with E-state index < -0.39 is 10.0 Å². The van der Waals surface area contributed by atoms with Gasteiger partial charge in [-0.1, -0.05) is 18.2 Å². The minimum Gasteiger partial charge on any atom is -0.355 e. The molecule has 1 saturated heterocycles. The number of benzene rings is 1. The molecule has 26 heavy (non-hydrogen) atoms. The van der Waals surface area contributed by atoms with Crippen LogP contribution in [0, 0.1) is 12.8 Å². The quantitative estimate of drug-likeness (QED) is 0.816. The summed E-state index contributed by atoms with van der Waals surface area (Å²) in [6, 6.07) is 8.44. The van der Waals surface area contributed by atoms with Gasteiger partial charge in [0.15, 0.2) is 0 Å². The zero-order valence-electron chi connectivity index (χ0n) is 14.7. The van der Waals surface area contributed by atoms with Crippen molar-refractivity contribution in [1.82, 2.24) is 14.6 Å². The number of hydrogen-bond donors (Lipinski definition) is 1. The molecular formula is C18H23N3O3S2. The number of aryl methyl sites for hydroxylation is 1. The molecule has 0 spiro atoms. The molecule has 2 heterocycles. The number of sulfonamides is 1. The fraction of sp³-hybridized carbons (Fsp3) is 0.444. The molecule has 3 rings (SSSR count). The molecule has 2 aromatic rings. The average molecular weight is 394 g/mol. The molecule has 0 saturated carbocycles. The second-order valence-electron chi connectivity index (χ2n) is 6.39. The van der Waals surface area contributed by atoms with Gasteiger partial charge in [-0.25, -0.2) is 13.4 Å². The first-order valence-corrected chi connectivity index (χ1v) is 11.0. The Labute approximate surface area is 158 Å². The number of aromatic nitrogens is 1. The minimum atomic E-state index is -3.47. The Morgan fingerprint density at radius 1 is 1.27 bits per heavy atom. The Hall–Kier alpha value is -1.77. The molecule has 1 N–H and O–H groups in total. The summed E-state index contributed by atoms with van der Waals surface area (Å²) in [6.07, 6.45) is 1.82. The maximum absolute atomic E-state index is 12.6.